The van der Waals surface area contributed by atoms with Gasteiger partial charge in [0.25, 0.3) is 0 Å². The monoisotopic (exact) mass is 656 g/mol. The molecule has 4 aliphatic heterocycles. The van der Waals surface area contributed by atoms with Gasteiger partial charge in [0.05, 0.1) is 0 Å². The van der Waals surface area contributed by atoms with E-state index in [1.165, 1.54) is 0 Å². The van der Waals surface area contributed by atoms with E-state index in [-0.39, 0.29) is 40.7 Å². The molecule has 0 saturated carbocycles. The van der Waals surface area contributed by atoms with E-state index in [2.05, 4.69) is 0 Å². The van der Waals surface area contributed by atoms with Crippen molar-refractivity contribution in [2.75, 3.05) is 0 Å². The third-order valence-corrected chi connectivity index (χ3v) is 5.78. The first-order valence-corrected chi connectivity index (χ1v) is 14.1. The molecule has 14 heteroatoms. The van der Waals surface area contributed by atoms with Crippen LogP contribution in [0.3, 0.4) is 0 Å². The van der Waals surface area contributed by atoms with Crippen LogP contribution in [0, 0.1) is 29.9 Å². The van der Waals surface area contributed by atoms with Gasteiger partial charge in [-0.3, -0.25) is 0 Å². The van der Waals surface area contributed by atoms with Crippen molar-refractivity contribution in [3.8, 4) is 0 Å². The summed E-state index contributed by atoms with van der Waals surface area (Å²) >= 11 is 0. The molecule has 0 radical (unpaired) electrons. The summed E-state index contributed by atoms with van der Waals surface area (Å²) in [5.74, 6) is 0. The van der Waals surface area contributed by atoms with Crippen molar-refractivity contribution in [1.82, 2.24) is 0 Å². The Bertz CT molecular complexity index is 1040. The standard InChI is InChI=1S/4C7H10NO.ClH3O4.Ni/c4*1-6-4-3-5-7(2)8(6)9;2-1(3,4)5;/h4*3-6H,1-2H3;2-4H;/q4*+1;;+2. The molecule has 0 fully saturated rings. The number of hydrogen-bond donors (Lipinski definition) is 3. The second-order valence-electron chi connectivity index (χ2n) is 9.47. The molecule has 4 rings (SSSR count). The summed E-state index contributed by atoms with van der Waals surface area (Å²) in [6.07, 6.45) is 22.4. The van der Waals surface area contributed by atoms with Crippen LogP contribution < -0.4 is 4.66 Å². The quantitative estimate of drug-likeness (QED) is 0.263. The van der Waals surface area contributed by atoms with Gasteiger partial charge in [-0.15, -0.1) is 0 Å². The average molecular weight is 658 g/mol. The second kappa shape index (κ2) is 20.0. The number of nitroso groups, excluding NO2 is 4. The summed E-state index contributed by atoms with van der Waals surface area (Å²) in [5, 5.41) is 0. The molecule has 0 aromatic heterocycles. The van der Waals surface area contributed by atoms with Crippen molar-refractivity contribution < 1.29 is 64.4 Å². The number of nitrogens with zero attached hydrogens (tertiary/aromatic N) is 4. The Morgan fingerprint density at radius 1 is 0.524 bits per heavy atom. The van der Waals surface area contributed by atoms with Crippen molar-refractivity contribution in [3.63, 3.8) is 0 Å². The van der Waals surface area contributed by atoms with Gasteiger partial charge in [0.15, 0.2) is 0 Å². The molecule has 4 heterocycles. The van der Waals surface area contributed by atoms with Crippen LogP contribution in [-0.4, -0.2) is 57.2 Å². The van der Waals surface area contributed by atoms with Crippen molar-refractivity contribution >= 4 is 0 Å². The number of hydrogen-bond acceptors (Lipinski definition) is 8. The van der Waals surface area contributed by atoms with Crippen molar-refractivity contribution in [2.24, 2.45) is 0 Å². The fourth-order valence-corrected chi connectivity index (χ4v) is 3.31. The molecule has 3 N–H and O–H groups in total. The van der Waals surface area contributed by atoms with Crippen molar-refractivity contribution in [3.05, 3.63) is 115 Å². The van der Waals surface area contributed by atoms with E-state index >= 15 is 0 Å². The molecule has 0 aromatic carbocycles. The predicted molar refractivity (Wildman–Crippen MR) is 151 cm³/mol. The first-order valence-electron chi connectivity index (χ1n) is 12.8. The van der Waals surface area contributed by atoms with E-state index in [0.29, 0.717) is 0 Å². The first kappa shape index (κ1) is 41.1. The molecule has 234 valence electrons. The van der Waals surface area contributed by atoms with Gasteiger partial charge >= 0.3 is 45.4 Å². The van der Waals surface area contributed by atoms with E-state index in [4.69, 9.17) is 18.6 Å². The molecule has 0 saturated heterocycles. The molecule has 0 spiro atoms. The Morgan fingerprint density at radius 2 is 0.667 bits per heavy atom. The third-order valence-electron chi connectivity index (χ3n) is 5.78. The maximum atomic E-state index is 10.9. The summed E-state index contributed by atoms with van der Waals surface area (Å²) in [5.41, 5.74) is 3.13. The Morgan fingerprint density at radius 3 is 0.762 bits per heavy atom. The van der Waals surface area contributed by atoms with Gasteiger partial charge in [0.1, 0.15) is 0 Å². The Kier molecular flexibility index (Phi) is 19.5. The minimum atomic E-state index is -4.19. The normalized spacial score (nSPS) is 24.3. The fraction of sp³-hybridized carbons (Fsp3) is 0.429. The summed E-state index contributed by atoms with van der Waals surface area (Å²) in [7, 11) is -4.19. The summed E-state index contributed by atoms with van der Waals surface area (Å²) in [6.45, 7) is 14.8. The maximum absolute atomic E-state index is 10.9. The van der Waals surface area contributed by atoms with E-state index in [9.17, 15) is 19.6 Å². The van der Waals surface area contributed by atoms with E-state index in [1.54, 1.807) is 0 Å². The first-order chi connectivity index (χ1) is 18.9. The third kappa shape index (κ3) is 17.0. The van der Waals surface area contributed by atoms with Crippen LogP contribution in [0.1, 0.15) is 55.4 Å². The van der Waals surface area contributed by atoms with Crippen LogP contribution in [0.15, 0.2) is 95.7 Å². The Labute approximate surface area is 258 Å². The zero-order valence-electron chi connectivity index (χ0n) is 25.1. The van der Waals surface area contributed by atoms with Crippen LogP contribution in [0.2, 0.25) is 0 Å². The molecule has 12 nitrogen and oxygen atoms in total. The molecule has 0 amide bonds. The summed E-state index contributed by atoms with van der Waals surface area (Å²) in [4.78, 5) is 43.7. The Hall–Kier alpha value is -3.06. The fourth-order valence-electron chi connectivity index (χ4n) is 3.31. The number of rotatable bonds is 0. The van der Waals surface area contributed by atoms with Gasteiger partial charge in [0, 0.05) is 118 Å². The zero-order valence-corrected chi connectivity index (χ0v) is 26.8. The summed E-state index contributed by atoms with van der Waals surface area (Å²) in [6, 6.07) is 0.0370. The van der Waals surface area contributed by atoms with Crippen LogP contribution in [-0.2, 0) is 16.5 Å². The van der Waals surface area contributed by atoms with Crippen molar-refractivity contribution in [1.29, 1.82) is 0 Å². The topological polar surface area (TPSA) is 164 Å². The van der Waals surface area contributed by atoms with Gasteiger partial charge in [-0.1, -0.05) is 24.3 Å². The van der Waals surface area contributed by atoms with Gasteiger partial charge in [-0.05, 0) is 24.3 Å². The molecule has 4 atom stereocenters. The van der Waals surface area contributed by atoms with Gasteiger partial charge in [0.2, 0.25) is 47.0 Å². The molecule has 42 heavy (non-hydrogen) atoms. The average Bonchev–Trinajstić information content (AvgIpc) is 2.88. The SMILES string of the molecule is CC1=CC=CC(C)[N+]1=O.CC1=CC=CC(C)[N+]1=O.CC1=CC=CC(C)[N+]1=O.CC1=CC=CC(C)[N+]1=O.[Ni+2].[O-][Cl+](O)(O)O. The van der Waals surface area contributed by atoms with Gasteiger partial charge in [-0.25, -0.2) is 0 Å². The molecule has 4 unspecified atom stereocenters. The molecule has 0 aromatic rings. The zero-order chi connectivity index (χ0) is 31.9. The van der Waals surface area contributed by atoms with Crippen molar-refractivity contribution in [2.45, 2.75) is 79.6 Å². The predicted octanol–water partition coefficient (Wildman–Crippen LogP) is 3.65. The second-order valence-corrected chi connectivity index (χ2v) is 10.3. The number of halogens is 1. The van der Waals surface area contributed by atoms with E-state index in [0.717, 1.165) is 41.8 Å². The Balaban J connectivity index is 0. The molecule has 0 aliphatic carbocycles. The van der Waals surface area contributed by atoms with Gasteiger partial charge in [-0.2, -0.15) is 0 Å². The number of allylic oxidation sites excluding steroid dienone is 12. The van der Waals surface area contributed by atoms with E-state index in [1.807, 2.05) is 128 Å². The molecule has 4 aliphatic rings. The molecular formula is C28H43ClN4NiO8+6. The van der Waals surface area contributed by atoms with Crippen LogP contribution in [0.4, 0.5) is 0 Å². The van der Waals surface area contributed by atoms with Gasteiger partial charge < -0.3 is 0 Å². The minimum absolute atomic E-state index is 0. The van der Waals surface area contributed by atoms with Crippen LogP contribution >= 0.6 is 0 Å². The molecule has 0 bridgehead atoms. The summed E-state index contributed by atoms with van der Waals surface area (Å²) < 4.78 is 34.2. The van der Waals surface area contributed by atoms with Crippen LogP contribution in [0.5, 0.6) is 0 Å². The molecular weight excluding hydrogens is 614 g/mol. The van der Waals surface area contributed by atoms with Crippen LogP contribution in [0.25, 0.3) is 0 Å². The van der Waals surface area contributed by atoms with E-state index < -0.39 is 10.2 Å².